The number of fused-ring (bicyclic) bond motifs is 1. The number of amides is 1. The van der Waals surface area contributed by atoms with Crippen LogP contribution in [0.1, 0.15) is 5.56 Å². The lowest BCUT2D eigenvalue weighted by Gasteiger charge is -2.06. The number of benzene rings is 1. The summed E-state index contributed by atoms with van der Waals surface area (Å²) in [6, 6.07) is 9.58. The van der Waals surface area contributed by atoms with Crippen molar-refractivity contribution < 1.29 is 4.79 Å². The van der Waals surface area contributed by atoms with Gasteiger partial charge in [0.05, 0.1) is 18.1 Å². The molecule has 0 saturated heterocycles. The summed E-state index contributed by atoms with van der Waals surface area (Å²) in [5.74, 6) is 0.107. The lowest BCUT2D eigenvalue weighted by atomic mass is 10.1. The van der Waals surface area contributed by atoms with Crippen molar-refractivity contribution >= 4 is 22.8 Å². The van der Waals surface area contributed by atoms with E-state index in [1.165, 1.54) is 0 Å². The lowest BCUT2D eigenvalue weighted by molar-refractivity contribution is -0.115. The average Bonchev–Trinajstić information content (AvgIpc) is 3.08. The van der Waals surface area contributed by atoms with E-state index in [1.807, 2.05) is 37.5 Å². The smallest absolute Gasteiger partial charge is 0.231 e. The van der Waals surface area contributed by atoms with Gasteiger partial charge in [-0.1, -0.05) is 18.2 Å². The van der Waals surface area contributed by atoms with Crippen molar-refractivity contribution in [2.45, 2.75) is 6.42 Å². The molecular formula is C19H16N6O. The van der Waals surface area contributed by atoms with Gasteiger partial charge in [-0.2, -0.15) is 5.10 Å². The van der Waals surface area contributed by atoms with Gasteiger partial charge < -0.3 is 0 Å². The molecule has 3 heterocycles. The fourth-order valence-corrected chi connectivity index (χ4v) is 2.69. The highest BCUT2D eigenvalue weighted by Crippen LogP contribution is 2.23. The summed E-state index contributed by atoms with van der Waals surface area (Å²) in [6.07, 6.45) is 9.02. The molecule has 1 N–H and O–H groups in total. The van der Waals surface area contributed by atoms with Gasteiger partial charge in [0.2, 0.25) is 11.9 Å². The molecule has 4 rings (SSSR count). The number of rotatable bonds is 4. The number of aromatic nitrogens is 5. The molecule has 0 atom stereocenters. The zero-order valence-electron chi connectivity index (χ0n) is 14.1. The molecule has 26 heavy (non-hydrogen) atoms. The van der Waals surface area contributed by atoms with Crippen molar-refractivity contribution in [1.82, 2.24) is 24.7 Å². The van der Waals surface area contributed by atoms with Crippen LogP contribution in [0.3, 0.4) is 0 Å². The molecule has 0 unspecified atom stereocenters. The van der Waals surface area contributed by atoms with E-state index in [1.54, 1.807) is 35.5 Å². The summed E-state index contributed by atoms with van der Waals surface area (Å²) in [7, 11) is 1.88. The average molecular weight is 344 g/mol. The molecule has 1 aromatic carbocycles. The third kappa shape index (κ3) is 3.41. The molecule has 3 aromatic heterocycles. The lowest BCUT2D eigenvalue weighted by Crippen LogP contribution is -2.16. The van der Waals surface area contributed by atoms with Gasteiger partial charge in [0.15, 0.2) is 0 Å². The van der Waals surface area contributed by atoms with Gasteiger partial charge in [-0.05, 0) is 23.3 Å². The second-order valence-electron chi connectivity index (χ2n) is 5.96. The molecule has 0 radical (unpaired) electrons. The van der Waals surface area contributed by atoms with E-state index in [0.29, 0.717) is 0 Å². The van der Waals surface area contributed by atoms with Crippen LogP contribution in [-0.4, -0.2) is 30.6 Å². The van der Waals surface area contributed by atoms with E-state index in [-0.39, 0.29) is 18.3 Å². The Balaban J connectivity index is 1.57. The largest absolute Gasteiger partial charge is 0.294 e. The maximum Gasteiger partial charge on any atom is 0.231 e. The minimum atomic E-state index is -0.180. The number of nitrogens with one attached hydrogen (secondary N) is 1. The fourth-order valence-electron chi connectivity index (χ4n) is 2.69. The van der Waals surface area contributed by atoms with Crippen LogP contribution in [0.4, 0.5) is 5.95 Å². The van der Waals surface area contributed by atoms with Crippen LogP contribution in [0.25, 0.3) is 22.0 Å². The molecule has 1 amide bonds. The molecular weight excluding hydrogens is 328 g/mol. The number of nitrogens with zero attached hydrogens (tertiary/aromatic N) is 5. The normalized spacial score (nSPS) is 10.8. The monoisotopic (exact) mass is 344 g/mol. The van der Waals surface area contributed by atoms with Crippen molar-refractivity contribution in [3.05, 3.63) is 66.9 Å². The zero-order chi connectivity index (χ0) is 17.9. The molecule has 7 nitrogen and oxygen atoms in total. The summed E-state index contributed by atoms with van der Waals surface area (Å²) in [5, 5.41) is 7.84. The van der Waals surface area contributed by atoms with E-state index in [0.717, 1.165) is 27.6 Å². The molecule has 0 aliphatic heterocycles. The maximum atomic E-state index is 12.2. The first-order valence-electron chi connectivity index (χ1n) is 8.12. The van der Waals surface area contributed by atoms with Crippen molar-refractivity contribution in [3.8, 4) is 11.1 Å². The van der Waals surface area contributed by atoms with Crippen LogP contribution in [0.15, 0.2) is 61.3 Å². The van der Waals surface area contributed by atoms with Gasteiger partial charge in [0.1, 0.15) is 0 Å². The molecule has 7 heteroatoms. The fraction of sp³-hybridized carbons (Fsp3) is 0.105. The van der Waals surface area contributed by atoms with Crippen LogP contribution >= 0.6 is 0 Å². The predicted octanol–water partition coefficient (Wildman–Crippen LogP) is 2.61. The molecule has 0 saturated carbocycles. The highest BCUT2D eigenvalue weighted by molar-refractivity contribution is 5.92. The standard InChI is InChI=1S/C19H16N6O/c1-25-12-16(11-22-25)14-4-5-15-10-21-19(23-17(15)8-14)24-18(26)7-13-3-2-6-20-9-13/h2-6,8-12H,7H2,1H3,(H,21,23,24,26). The number of carbonyl (C=O) groups is 1. The maximum absolute atomic E-state index is 12.2. The Kier molecular flexibility index (Phi) is 4.10. The Bertz CT molecular complexity index is 1070. The molecule has 0 spiro atoms. The summed E-state index contributed by atoms with van der Waals surface area (Å²) in [6.45, 7) is 0. The summed E-state index contributed by atoms with van der Waals surface area (Å²) in [4.78, 5) is 24.9. The van der Waals surface area contributed by atoms with Crippen molar-refractivity contribution in [2.75, 3.05) is 5.32 Å². The van der Waals surface area contributed by atoms with Gasteiger partial charge in [0.25, 0.3) is 0 Å². The quantitative estimate of drug-likeness (QED) is 0.615. The van der Waals surface area contributed by atoms with E-state index < -0.39 is 0 Å². The second-order valence-corrected chi connectivity index (χ2v) is 5.96. The van der Waals surface area contributed by atoms with Crippen LogP contribution < -0.4 is 5.32 Å². The first-order chi connectivity index (χ1) is 12.7. The molecule has 0 bridgehead atoms. The second kappa shape index (κ2) is 6.72. The third-order valence-electron chi connectivity index (χ3n) is 3.96. The zero-order valence-corrected chi connectivity index (χ0v) is 14.1. The summed E-state index contributed by atoms with van der Waals surface area (Å²) in [5.41, 5.74) is 3.62. The number of aryl methyl sites for hydroxylation is 1. The molecule has 0 aliphatic rings. The number of anilines is 1. The Labute approximate surface area is 149 Å². The summed E-state index contributed by atoms with van der Waals surface area (Å²) >= 11 is 0. The number of pyridine rings is 1. The SMILES string of the molecule is Cn1cc(-c2ccc3cnc(NC(=O)Cc4cccnc4)nc3c2)cn1. The Morgan fingerprint density at radius 2 is 2.08 bits per heavy atom. The van der Waals surface area contributed by atoms with Crippen LogP contribution in [-0.2, 0) is 18.3 Å². The molecule has 128 valence electrons. The highest BCUT2D eigenvalue weighted by atomic mass is 16.1. The van der Waals surface area contributed by atoms with Crippen LogP contribution in [0.5, 0.6) is 0 Å². The minimum absolute atomic E-state index is 0.180. The van der Waals surface area contributed by atoms with Crippen molar-refractivity contribution in [2.24, 2.45) is 7.05 Å². The number of hydrogen-bond donors (Lipinski definition) is 1. The van der Waals surface area contributed by atoms with Crippen LogP contribution in [0.2, 0.25) is 0 Å². The van der Waals surface area contributed by atoms with E-state index >= 15 is 0 Å². The topological polar surface area (TPSA) is 85.6 Å². The first kappa shape index (κ1) is 15.9. The van der Waals surface area contributed by atoms with Gasteiger partial charge in [-0.25, -0.2) is 9.97 Å². The number of carbonyl (C=O) groups excluding carboxylic acids is 1. The van der Waals surface area contributed by atoms with Gasteiger partial charge in [-0.15, -0.1) is 0 Å². The Hall–Kier alpha value is -3.61. The minimum Gasteiger partial charge on any atom is -0.294 e. The Morgan fingerprint density at radius 1 is 1.15 bits per heavy atom. The molecule has 4 aromatic rings. The summed E-state index contributed by atoms with van der Waals surface area (Å²) < 4.78 is 1.75. The Morgan fingerprint density at radius 3 is 2.85 bits per heavy atom. The van der Waals surface area contributed by atoms with Crippen LogP contribution in [0, 0.1) is 0 Å². The third-order valence-corrected chi connectivity index (χ3v) is 3.96. The highest BCUT2D eigenvalue weighted by Gasteiger charge is 2.08. The molecule has 0 fully saturated rings. The van der Waals surface area contributed by atoms with Gasteiger partial charge in [0, 0.05) is 42.8 Å². The van der Waals surface area contributed by atoms with Crippen molar-refractivity contribution in [3.63, 3.8) is 0 Å². The number of hydrogen-bond acceptors (Lipinski definition) is 5. The first-order valence-corrected chi connectivity index (χ1v) is 8.12. The van der Waals surface area contributed by atoms with Gasteiger partial charge >= 0.3 is 0 Å². The van der Waals surface area contributed by atoms with E-state index in [9.17, 15) is 4.79 Å². The van der Waals surface area contributed by atoms with E-state index in [4.69, 9.17) is 0 Å². The van der Waals surface area contributed by atoms with Crippen molar-refractivity contribution in [1.29, 1.82) is 0 Å². The van der Waals surface area contributed by atoms with E-state index in [2.05, 4.69) is 25.4 Å². The van der Waals surface area contributed by atoms with Gasteiger partial charge in [-0.3, -0.25) is 19.8 Å². The molecule has 0 aliphatic carbocycles. The predicted molar refractivity (Wildman–Crippen MR) is 98.3 cm³/mol.